The van der Waals surface area contributed by atoms with E-state index in [2.05, 4.69) is 18.0 Å². The Morgan fingerprint density at radius 1 is 1.18 bits per heavy atom. The Morgan fingerprint density at radius 3 is 2.65 bits per heavy atom. The van der Waals surface area contributed by atoms with Gasteiger partial charge in [-0.2, -0.15) is 0 Å². The van der Waals surface area contributed by atoms with Crippen LogP contribution in [0, 0.1) is 6.92 Å². The predicted octanol–water partition coefficient (Wildman–Crippen LogP) is 3.03. The van der Waals surface area contributed by atoms with E-state index in [1.165, 1.54) is 5.56 Å². The Kier molecular flexibility index (Phi) is 3.55. The number of aryl methyl sites for hydroxylation is 2. The molecule has 2 heteroatoms. The summed E-state index contributed by atoms with van der Waals surface area (Å²) in [4.78, 5) is 4.09. The van der Waals surface area contributed by atoms with E-state index in [1.807, 2.05) is 31.2 Å². The second-order valence-electron chi connectivity index (χ2n) is 4.19. The van der Waals surface area contributed by atoms with Gasteiger partial charge >= 0.3 is 0 Å². The summed E-state index contributed by atoms with van der Waals surface area (Å²) in [5.41, 5.74) is 4.11. The lowest BCUT2D eigenvalue weighted by Crippen LogP contribution is -2.05. The SMILES string of the molecule is CCc1ccccc1C(O)c1cnccc1C. The van der Waals surface area contributed by atoms with Crippen LogP contribution in [0.3, 0.4) is 0 Å². The fourth-order valence-corrected chi connectivity index (χ4v) is 2.05. The molecule has 1 atom stereocenters. The van der Waals surface area contributed by atoms with Crippen LogP contribution in [0.2, 0.25) is 0 Å². The van der Waals surface area contributed by atoms with Crippen molar-refractivity contribution < 1.29 is 5.11 Å². The number of pyridine rings is 1. The molecule has 0 fully saturated rings. The van der Waals surface area contributed by atoms with Crippen LogP contribution in [0.5, 0.6) is 0 Å². The van der Waals surface area contributed by atoms with Crippen molar-refractivity contribution in [3.05, 3.63) is 65.0 Å². The van der Waals surface area contributed by atoms with Gasteiger partial charge in [-0.3, -0.25) is 4.98 Å². The molecule has 2 nitrogen and oxygen atoms in total. The standard InChI is InChI=1S/C15H17NO/c1-3-12-6-4-5-7-13(12)15(17)14-10-16-9-8-11(14)2/h4-10,15,17H,3H2,1-2H3. The smallest absolute Gasteiger partial charge is 0.106 e. The van der Waals surface area contributed by atoms with E-state index in [4.69, 9.17) is 0 Å². The summed E-state index contributed by atoms with van der Waals surface area (Å²) < 4.78 is 0. The van der Waals surface area contributed by atoms with Gasteiger partial charge < -0.3 is 5.11 Å². The van der Waals surface area contributed by atoms with Gasteiger partial charge in [0.05, 0.1) is 0 Å². The summed E-state index contributed by atoms with van der Waals surface area (Å²) in [6.07, 6.45) is 3.83. The Labute approximate surface area is 102 Å². The third-order valence-electron chi connectivity index (χ3n) is 3.10. The molecule has 0 aliphatic carbocycles. The third kappa shape index (κ3) is 2.37. The molecule has 1 aromatic carbocycles. The number of hydrogen-bond donors (Lipinski definition) is 1. The first-order valence-corrected chi connectivity index (χ1v) is 5.90. The van der Waals surface area contributed by atoms with Gasteiger partial charge in [0, 0.05) is 18.0 Å². The normalized spacial score (nSPS) is 12.4. The average Bonchev–Trinajstić information content (AvgIpc) is 2.38. The molecule has 0 saturated carbocycles. The van der Waals surface area contributed by atoms with Gasteiger partial charge in [-0.05, 0) is 36.1 Å². The van der Waals surface area contributed by atoms with Gasteiger partial charge in [-0.15, -0.1) is 0 Å². The molecular formula is C15H17NO. The molecule has 17 heavy (non-hydrogen) atoms. The number of hydrogen-bond acceptors (Lipinski definition) is 2. The minimum absolute atomic E-state index is 0.583. The molecule has 1 heterocycles. The number of aliphatic hydroxyl groups excluding tert-OH is 1. The maximum Gasteiger partial charge on any atom is 0.106 e. The minimum atomic E-state index is -0.583. The highest BCUT2D eigenvalue weighted by Crippen LogP contribution is 2.26. The molecule has 0 aliphatic rings. The third-order valence-corrected chi connectivity index (χ3v) is 3.10. The molecule has 1 N–H and O–H groups in total. The van der Waals surface area contributed by atoms with Crippen molar-refractivity contribution in [2.75, 3.05) is 0 Å². The highest BCUT2D eigenvalue weighted by atomic mass is 16.3. The van der Waals surface area contributed by atoms with Gasteiger partial charge in [0.15, 0.2) is 0 Å². The number of benzene rings is 1. The van der Waals surface area contributed by atoms with Crippen LogP contribution >= 0.6 is 0 Å². The zero-order chi connectivity index (χ0) is 12.3. The monoisotopic (exact) mass is 227 g/mol. The number of rotatable bonds is 3. The number of aliphatic hydroxyl groups is 1. The summed E-state index contributed by atoms with van der Waals surface area (Å²) in [6, 6.07) is 9.93. The molecule has 0 radical (unpaired) electrons. The molecule has 0 amide bonds. The zero-order valence-corrected chi connectivity index (χ0v) is 10.2. The van der Waals surface area contributed by atoms with Crippen LogP contribution in [0.15, 0.2) is 42.7 Å². The maximum absolute atomic E-state index is 10.4. The summed E-state index contributed by atoms with van der Waals surface area (Å²) in [7, 11) is 0. The van der Waals surface area contributed by atoms with Crippen molar-refractivity contribution in [2.24, 2.45) is 0 Å². The predicted molar refractivity (Wildman–Crippen MR) is 68.9 cm³/mol. The molecule has 0 aliphatic heterocycles. The highest BCUT2D eigenvalue weighted by molar-refractivity contribution is 5.37. The lowest BCUT2D eigenvalue weighted by Gasteiger charge is -2.16. The molecule has 0 bridgehead atoms. The summed E-state index contributed by atoms with van der Waals surface area (Å²) >= 11 is 0. The van der Waals surface area contributed by atoms with Crippen LogP contribution < -0.4 is 0 Å². The van der Waals surface area contributed by atoms with E-state index >= 15 is 0 Å². The lowest BCUT2D eigenvalue weighted by molar-refractivity contribution is 0.218. The van der Waals surface area contributed by atoms with Gasteiger partial charge in [0.25, 0.3) is 0 Å². The van der Waals surface area contributed by atoms with Crippen LogP contribution in [0.4, 0.5) is 0 Å². The minimum Gasteiger partial charge on any atom is -0.384 e. The Bertz CT molecular complexity index is 508. The van der Waals surface area contributed by atoms with E-state index in [0.29, 0.717) is 0 Å². The van der Waals surface area contributed by atoms with E-state index < -0.39 is 6.10 Å². The van der Waals surface area contributed by atoms with E-state index in [-0.39, 0.29) is 0 Å². The molecule has 0 saturated heterocycles. The number of aromatic nitrogens is 1. The highest BCUT2D eigenvalue weighted by Gasteiger charge is 2.15. The fourth-order valence-electron chi connectivity index (χ4n) is 2.05. The van der Waals surface area contributed by atoms with Crippen molar-refractivity contribution >= 4 is 0 Å². The van der Waals surface area contributed by atoms with Crippen molar-refractivity contribution in [3.63, 3.8) is 0 Å². The van der Waals surface area contributed by atoms with E-state index in [0.717, 1.165) is 23.1 Å². The average molecular weight is 227 g/mol. The first-order chi connectivity index (χ1) is 8.24. The molecule has 2 aromatic rings. The first kappa shape index (κ1) is 11.8. The first-order valence-electron chi connectivity index (χ1n) is 5.90. The quantitative estimate of drug-likeness (QED) is 0.874. The maximum atomic E-state index is 10.4. The van der Waals surface area contributed by atoms with E-state index in [9.17, 15) is 5.11 Å². The Morgan fingerprint density at radius 2 is 1.94 bits per heavy atom. The Hall–Kier alpha value is -1.67. The number of nitrogens with zero attached hydrogens (tertiary/aromatic N) is 1. The fraction of sp³-hybridized carbons (Fsp3) is 0.267. The zero-order valence-electron chi connectivity index (χ0n) is 10.2. The van der Waals surface area contributed by atoms with Crippen molar-refractivity contribution in [3.8, 4) is 0 Å². The molecule has 2 rings (SSSR count). The second kappa shape index (κ2) is 5.11. The topological polar surface area (TPSA) is 33.1 Å². The van der Waals surface area contributed by atoms with E-state index in [1.54, 1.807) is 12.4 Å². The largest absolute Gasteiger partial charge is 0.384 e. The van der Waals surface area contributed by atoms with Crippen molar-refractivity contribution in [1.82, 2.24) is 4.98 Å². The summed E-state index contributed by atoms with van der Waals surface area (Å²) in [6.45, 7) is 4.09. The lowest BCUT2D eigenvalue weighted by atomic mass is 9.94. The van der Waals surface area contributed by atoms with Gasteiger partial charge in [0.2, 0.25) is 0 Å². The van der Waals surface area contributed by atoms with Crippen molar-refractivity contribution in [2.45, 2.75) is 26.4 Å². The van der Waals surface area contributed by atoms with Gasteiger partial charge in [-0.25, -0.2) is 0 Å². The van der Waals surface area contributed by atoms with Gasteiger partial charge in [-0.1, -0.05) is 31.2 Å². The van der Waals surface area contributed by atoms with Crippen LogP contribution in [0.25, 0.3) is 0 Å². The summed E-state index contributed by atoms with van der Waals surface area (Å²) in [5, 5.41) is 10.4. The molecule has 1 aromatic heterocycles. The summed E-state index contributed by atoms with van der Waals surface area (Å²) in [5.74, 6) is 0. The molecular weight excluding hydrogens is 210 g/mol. The molecule has 88 valence electrons. The Balaban J connectivity index is 2.44. The van der Waals surface area contributed by atoms with Crippen LogP contribution in [0.1, 0.15) is 35.3 Å². The second-order valence-corrected chi connectivity index (χ2v) is 4.19. The van der Waals surface area contributed by atoms with Crippen LogP contribution in [-0.4, -0.2) is 10.1 Å². The van der Waals surface area contributed by atoms with Crippen molar-refractivity contribution in [1.29, 1.82) is 0 Å². The van der Waals surface area contributed by atoms with Gasteiger partial charge in [0.1, 0.15) is 6.10 Å². The molecule has 1 unspecified atom stereocenters. The molecule has 0 spiro atoms. The van der Waals surface area contributed by atoms with Crippen LogP contribution in [-0.2, 0) is 6.42 Å².